The molecule has 0 aromatic carbocycles. The highest BCUT2D eigenvalue weighted by Gasteiger charge is 2.07. The summed E-state index contributed by atoms with van der Waals surface area (Å²) >= 11 is 0. The highest BCUT2D eigenvalue weighted by molar-refractivity contribution is 5.41. The van der Waals surface area contributed by atoms with Crippen LogP contribution in [-0.4, -0.2) is 9.78 Å². The minimum absolute atomic E-state index is 0.663. The zero-order valence-corrected chi connectivity index (χ0v) is 7.39. The summed E-state index contributed by atoms with van der Waals surface area (Å²) in [6.45, 7) is 4.18. The van der Waals surface area contributed by atoms with Crippen LogP contribution in [0.5, 0.6) is 0 Å². The van der Waals surface area contributed by atoms with Gasteiger partial charge in [0.15, 0.2) is 0 Å². The third-order valence-electron chi connectivity index (χ3n) is 1.95. The molecule has 0 saturated heterocycles. The van der Waals surface area contributed by atoms with Crippen LogP contribution in [0.25, 0.3) is 0 Å². The predicted octanol–water partition coefficient (Wildman–Crippen LogP) is 1.26. The standard InChI is InChI=1S/C8H15N3/c1-4-5-7-6(2)8(9)10-11(7)3/h4-5H2,1-3H3,(H2,9,10). The second-order valence-electron chi connectivity index (χ2n) is 2.83. The first-order valence-electron chi connectivity index (χ1n) is 3.94. The van der Waals surface area contributed by atoms with Crippen molar-refractivity contribution in [3.05, 3.63) is 11.3 Å². The Kier molecular flexibility index (Phi) is 2.17. The van der Waals surface area contributed by atoms with Crippen LogP contribution in [0.4, 0.5) is 5.82 Å². The van der Waals surface area contributed by atoms with Gasteiger partial charge in [-0.1, -0.05) is 13.3 Å². The summed E-state index contributed by atoms with van der Waals surface area (Å²) in [5, 5.41) is 4.12. The van der Waals surface area contributed by atoms with E-state index in [4.69, 9.17) is 5.73 Å². The summed E-state index contributed by atoms with van der Waals surface area (Å²) in [4.78, 5) is 0. The molecule has 0 unspecified atom stereocenters. The molecule has 0 fully saturated rings. The lowest BCUT2D eigenvalue weighted by atomic mass is 10.2. The fraction of sp³-hybridized carbons (Fsp3) is 0.625. The van der Waals surface area contributed by atoms with Gasteiger partial charge in [-0.2, -0.15) is 5.10 Å². The smallest absolute Gasteiger partial charge is 0.148 e. The maximum Gasteiger partial charge on any atom is 0.148 e. The molecule has 1 heterocycles. The number of hydrogen-bond donors (Lipinski definition) is 1. The molecule has 3 nitrogen and oxygen atoms in total. The second kappa shape index (κ2) is 2.95. The fourth-order valence-corrected chi connectivity index (χ4v) is 1.27. The van der Waals surface area contributed by atoms with Gasteiger partial charge in [-0.15, -0.1) is 0 Å². The molecule has 0 bridgehead atoms. The number of hydrogen-bond acceptors (Lipinski definition) is 2. The quantitative estimate of drug-likeness (QED) is 0.695. The number of rotatable bonds is 2. The van der Waals surface area contributed by atoms with Crippen LogP contribution in [-0.2, 0) is 13.5 Å². The van der Waals surface area contributed by atoms with E-state index in [2.05, 4.69) is 12.0 Å². The van der Waals surface area contributed by atoms with E-state index in [1.165, 1.54) is 5.69 Å². The fourth-order valence-electron chi connectivity index (χ4n) is 1.27. The van der Waals surface area contributed by atoms with Gasteiger partial charge in [0, 0.05) is 18.3 Å². The Morgan fingerprint density at radius 1 is 1.55 bits per heavy atom. The van der Waals surface area contributed by atoms with E-state index in [0.717, 1.165) is 18.4 Å². The maximum absolute atomic E-state index is 5.64. The summed E-state index contributed by atoms with van der Waals surface area (Å²) in [7, 11) is 1.94. The van der Waals surface area contributed by atoms with Crippen LogP contribution in [0.1, 0.15) is 24.6 Å². The van der Waals surface area contributed by atoms with E-state index in [1.54, 1.807) is 0 Å². The first-order valence-corrected chi connectivity index (χ1v) is 3.94. The molecule has 0 radical (unpaired) electrons. The molecule has 1 rings (SSSR count). The minimum atomic E-state index is 0.663. The van der Waals surface area contributed by atoms with E-state index in [1.807, 2.05) is 18.7 Å². The van der Waals surface area contributed by atoms with Gasteiger partial charge in [-0.25, -0.2) is 0 Å². The zero-order valence-electron chi connectivity index (χ0n) is 7.39. The highest BCUT2D eigenvalue weighted by atomic mass is 15.3. The monoisotopic (exact) mass is 153 g/mol. The van der Waals surface area contributed by atoms with E-state index in [0.29, 0.717) is 5.82 Å². The van der Waals surface area contributed by atoms with Crippen LogP contribution in [0.15, 0.2) is 0 Å². The van der Waals surface area contributed by atoms with E-state index < -0.39 is 0 Å². The van der Waals surface area contributed by atoms with Gasteiger partial charge in [-0.3, -0.25) is 4.68 Å². The minimum Gasteiger partial charge on any atom is -0.382 e. The Labute approximate surface area is 67.2 Å². The van der Waals surface area contributed by atoms with Crippen LogP contribution < -0.4 is 5.73 Å². The molecule has 0 aliphatic heterocycles. The van der Waals surface area contributed by atoms with Gasteiger partial charge in [0.2, 0.25) is 0 Å². The molecule has 0 aliphatic carbocycles. The third-order valence-corrected chi connectivity index (χ3v) is 1.95. The molecule has 1 aromatic heterocycles. The van der Waals surface area contributed by atoms with Gasteiger partial charge in [-0.05, 0) is 13.3 Å². The van der Waals surface area contributed by atoms with Crippen molar-refractivity contribution in [3.63, 3.8) is 0 Å². The SMILES string of the molecule is CCCc1c(C)c(N)nn1C. The number of anilines is 1. The van der Waals surface area contributed by atoms with E-state index in [9.17, 15) is 0 Å². The molecule has 3 heteroatoms. The van der Waals surface area contributed by atoms with Crippen LogP contribution in [0, 0.1) is 6.92 Å². The summed E-state index contributed by atoms with van der Waals surface area (Å²) in [5.41, 5.74) is 8.03. The van der Waals surface area contributed by atoms with Crippen molar-refractivity contribution < 1.29 is 0 Å². The van der Waals surface area contributed by atoms with Crippen molar-refractivity contribution in [1.82, 2.24) is 9.78 Å². The van der Waals surface area contributed by atoms with E-state index in [-0.39, 0.29) is 0 Å². The Bertz CT molecular complexity index is 250. The molecule has 62 valence electrons. The molecule has 0 atom stereocenters. The lowest BCUT2D eigenvalue weighted by molar-refractivity contribution is 0.698. The number of aromatic nitrogens is 2. The predicted molar refractivity (Wildman–Crippen MR) is 46.4 cm³/mol. The van der Waals surface area contributed by atoms with Crippen molar-refractivity contribution >= 4 is 5.82 Å². The van der Waals surface area contributed by atoms with Crippen LogP contribution in [0.2, 0.25) is 0 Å². The van der Waals surface area contributed by atoms with Crippen molar-refractivity contribution in [2.75, 3.05) is 5.73 Å². The van der Waals surface area contributed by atoms with Crippen molar-refractivity contribution in [2.24, 2.45) is 7.05 Å². The normalized spacial score (nSPS) is 10.5. The highest BCUT2D eigenvalue weighted by Crippen LogP contribution is 2.14. The number of aryl methyl sites for hydroxylation is 1. The maximum atomic E-state index is 5.64. The first kappa shape index (κ1) is 8.11. The van der Waals surface area contributed by atoms with Gasteiger partial charge >= 0.3 is 0 Å². The van der Waals surface area contributed by atoms with Gasteiger partial charge < -0.3 is 5.73 Å². The second-order valence-corrected chi connectivity index (χ2v) is 2.83. The molecule has 0 amide bonds. The lowest BCUT2D eigenvalue weighted by Crippen LogP contribution is -1.98. The molecule has 0 spiro atoms. The number of nitrogens with zero attached hydrogens (tertiary/aromatic N) is 2. The van der Waals surface area contributed by atoms with Crippen molar-refractivity contribution in [3.8, 4) is 0 Å². The Hall–Kier alpha value is -0.990. The topological polar surface area (TPSA) is 43.8 Å². The summed E-state index contributed by atoms with van der Waals surface area (Å²) in [5.74, 6) is 0.663. The number of nitrogen functional groups attached to an aromatic ring is 1. The Morgan fingerprint density at radius 3 is 2.55 bits per heavy atom. The van der Waals surface area contributed by atoms with Gasteiger partial charge in [0.05, 0.1) is 0 Å². The Balaban J connectivity index is 3.02. The first-order chi connectivity index (χ1) is 5.16. The average molecular weight is 153 g/mol. The molecule has 0 saturated carbocycles. The van der Waals surface area contributed by atoms with E-state index >= 15 is 0 Å². The average Bonchev–Trinajstić information content (AvgIpc) is 2.17. The molecule has 2 N–H and O–H groups in total. The zero-order chi connectivity index (χ0) is 8.43. The lowest BCUT2D eigenvalue weighted by Gasteiger charge is -1.99. The third kappa shape index (κ3) is 1.37. The summed E-state index contributed by atoms with van der Waals surface area (Å²) < 4.78 is 1.87. The van der Waals surface area contributed by atoms with Gasteiger partial charge in [0.25, 0.3) is 0 Å². The van der Waals surface area contributed by atoms with Crippen molar-refractivity contribution in [2.45, 2.75) is 26.7 Å². The van der Waals surface area contributed by atoms with Crippen LogP contribution >= 0.6 is 0 Å². The largest absolute Gasteiger partial charge is 0.382 e. The number of nitrogens with two attached hydrogens (primary N) is 1. The Morgan fingerprint density at radius 2 is 2.18 bits per heavy atom. The molecule has 1 aromatic rings. The molecule has 0 aliphatic rings. The summed E-state index contributed by atoms with van der Waals surface area (Å²) in [6.07, 6.45) is 2.20. The van der Waals surface area contributed by atoms with Gasteiger partial charge in [0.1, 0.15) is 5.82 Å². The molecular formula is C8H15N3. The molecule has 11 heavy (non-hydrogen) atoms. The summed E-state index contributed by atoms with van der Waals surface area (Å²) in [6, 6.07) is 0. The molecular weight excluding hydrogens is 138 g/mol. The van der Waals surface area contributed by atoms with Crippen molar-refractivity contribution in [1.29, 1.82) is 0 Å². The van der Waals surface area contributed by atoms with Crippen LogP contribution in [0.3, 0.4) is 0 Å².